The summed E-state index contributed by atoms with van der Waals surface area (Å²) in [5, 5.41) is 6.77. The van der Waals surface area contributed by atoms with E-state index in [4.69, 9.17) is 21.9 Å². The van der Waals surface area contributed by atoms with E-state index in [1.807, 2.05) is 0 Å². The lowest BCUT2D eigenvalue weighted by atomic mass is 10.2. The van der Waals surface area contributed by atoms with Crippen LogP contribution in [-0.4, -0.2) is 5.16 Å². The Hall–Kier alpha value is -1.75. The molecule has 0 aliphatic heterocycles. The molecule has 1 aromatic heterocycles. The summed E-state index contributed by atoms with van der Waals surface area (Å²) in [6.07, 6.45) is 0. The maximum Gasteiger partial charge on any atom is 0.143 e. The fourth-order valence-corrected chi connectivity index (χ4v) is 1.57. The third kappa shape index (κ3) is 2.68. The highest BCUT2D eigenvalue weighted by molar-refractivity contribution is 6.31. The SMILES string of the molecule is Cc1cc(CNc2cc(F)c(Cl)cc2N)no1. The van der Waals surface area contributed by atoms with Crippen LogP contribution in [0, 0.1) is 12.7 Å². The van der Waals surface area contributed by atoms with E-state index >= 15 is 0 Å². The normalized spacial score (nSPS) is 10.5. The molecule has 2 rings (SSSR count). The van der Waals surface area contributed by atoms with Crippen molar-refractivity contribution >= 4 is 23.0 Å². The van der Waals surface area contributed by atoms with Crippen LogP contribution < -0.4 is 11.1 Å². The molecule has 2 aromatic rings. The highest BCUT2D eigenvalue weighted by atomic mass is 35.5. The molecule has 0 aliphatic rings. The molecule has 1 heterocycles. The van der Waals surface area contributed by atoms with Crippen LogP contribution >= 0.6 is 11.6 Å². The number of anilines is 2. The number of benzene rings is 1. The minimum absolute atomic E-state index is 0.00494. The number of nitrogens with one attached hydrogen (secondary N) is 1. The first kappa shape index (κ1) is 11.7. The van der Waals surface area contributed by atoms with E-state index in [0.29, 0.717) is 17.9 Å². The van der Waals surface area contributed by atoms with Crippen LogP contribution in [0.25, 0.3) is 0 Å². The second kappa shape index (κ2) is 4.63. The summed E-state index contributed by atoms with van der Waals surface area (Å²) < 4.78 is 18.1. The number of hydrogen-bond donors (Lipinski definition) is 2. The third-order valence-corrected chi connectivity index (χ3v) is 2.52. The van der Waals surface area contributed by atoms with Gasteiger partial charge in [0.2, 0.25) is 0 Å². The average molecular weight is 256 g/mol. The standard InChI is InChI=1S/C11H11ClFN3O/c1-6-2-7(16-17-6)5-15-11-4-9(13)8(12)3-10(11)14/h2-4,15H,5,14H2,1H3. The van der Waals surface area contributed by atoms with Gasteiger partial charge in [-0.15, -0.1) is 0 Å². The van der Waals surface area contributed by atoms with Crippen molar-refractivity contribution in [2.24, 2.45) is 0 Å². The predicted octanol–water partition coefficient (Wildman–Crippen LogP) is 2.97. The van der Waals surface area contributed by atoms with Crippen LogP contribution in [0.1, 0.15) is 11.5 Å². The molecule has 17 heavy (non-hydrogen) atoms. The summed E-state index contributed by atoms with van der Waals surface area (Å²) in [5.74, 6) is 0.205. The minimum atomic E-state index is -0.514. The Labute approximate surface area is 103 Å². The molecule has 0 amide bonds. The van der Waals surface area contributed by atoms with E-state index in [2.05, 4.69) is 10.5 Å². The van der Waals surface area contributed by atoms with E-state index in [1.165, 1.54) is 12.1 Å². The van der Waals surface area contributed by atoms with Crippen molar-refractivity contribution in [2.45, 2.75) is 13.5 Å². The lowest BCUT2D eigenvalue weighted by molar-refractivity contribution is 0.391. The molecule has 0 atom stereocenters. The Balaban J connectivity index is 2.11. The lowest BCUT2D eigenvalue weighted by Crippen LogP contribution is -2.03. The second-order valence-electron chi connectivity index (χ2n) is 3.64. The van der Waals surface area contributed by atoms with Gasteiger partial charge in [0.1, 0.15) is 17.3 Å². The monoisotopic (exact) mass is 255 g/mol. The zero-order valence-electron chi connectivity index (χ0n) is 9.13. The number of aromatic nitrogens is 1. The molecule has 0 spiro atoms. The first-order valence-corrected chi connectivity index (χ1v) is 5.34. The van der Waals surface area contributed by atoms with Gasteiger partial charge in [-0.3, -0.25) is 0 Å². The van der Waals surface area contributed by atoms with Crippen LogP contribution in [0.5, 0.6) is 0 Å². The number of halogens is 2. The van der Waals surface area contributed by atoms with Gasteiger partial charge in [0, 0.05) is 12.1 Å². The van der Waals surface area contributed by atoms with Crippen molar-refractivity contribution in [1.29, 1.82) is 0 Å². The van der Waals surface area contributed by atoms with E-state index in [-0.39, 0.29) is 5.02 Å². The van der Waals surface area contributed by atoms with Gasteiger partial charge in [-0.05, 0) is 13.0 Å². The Morgan fingerprint density at radius 3 is 2.88 bits per heavy atom. The average Bonchev–Trinajstić information content (AvgIpc) is 2.68. The van der Waals surface area contributed by atoms with Crippen molar-refractivity contribution in [3.8, 4) is 0 Å². The third-order valence-electron chi connectivity index (χ3n) is 2.23. The maximum atomic E-state index is 13.2. The van der Waals surface area contributed by atoms with E-state index in [0.717, 1.165) is 11.5 Å². The maximum absolute atomic E-state index is 13.2. The zero-order chi connectivity index (χ0) is 12.4. The Morgan fingerprint density at radius 1 is 1.47 bits per heavy atom. The number of rotatable bonds is 3. The molecule has 0 aliphatic carbocycles. The van der Waals surface area contributed by atoms with Gasteiger partial charge in [0.25, 0.3) is 0 Å². The molecule has 0 saturated heterocycles. The molecule has 1 aromatic carbocycles. The first-order valence-electron chi connectivity index (χ1n) is 4.97. The van der Waals surface area contributed by atoms with Crippen LogP contribution in [0.4, 0.5) is 15.8 Å². The van der Waals surface area contributed by atoms with Crippen LogP contribution in [0.2, 0.25) is 5.02 Å². The summed E-state index contributed by atoms with van der Waals surface area (Å²) >= 11 is 5.60. The van der Waals surface area contributed by atoms with Crippen molar-refractivity contribution in [3.05, 3.63) is 40.5 Å². The van der Waals surface area contributed by atoms with Crippen molar-refractivity contribution < 1.29 is 8.91 Å². The Morgan fingerprint density at radius 2 is 2.24 bits per heavy atom. The Kier molecular flexibility index (Phi) is 3.19. The molecule has 6 heteroatoms. The van der Waals surface area contributed by atoms with Gasteiger partial charge in [-0.25, -0.2) is 4.39 Å². The van der Waals surface area contributed by atoms with Gasteiger partial charge in [-0.2, -0.15) is 0 Å². The van der Waals surface area contributed by atoms with Gasteiger partial charge >= 0.3 is 0 Å². The quantitative estimate of drug-likeness (QED) is 0.828. The number of nitrogens with two attached hydrogens (primary N) is 1. The van der Waals surface area contributed by atoms with E-state index < -0.39 is 5.82 Å². The largest absolute Gasteiger partial charge is 0.397 e. The van der Waals surface area contributed by atoms with Crippen molar-refractivity contribution in [3.63, 3.8) is 0 Å². The van der Waals surface area contributed by atoms with Crippen LogP contribution in [0.3, 0.4) is 0 Å². The highest BCUT2D eigenvalue weighted by Crippen LogP contribution is 2.26. The molecular weight excluding hydrogens is 245 g/mol. The second-order valence-corrected chi connectivity index (χ2v) is 4.04. The lowest BCUT2D eigenvalue weighted by Gasteiger charge is -2.08. The topological polar surface area (TPSA) is 64.1 Å². The Bertz CT molecular complexity index is 542. The number of aryl methyl sites for hydroxylation is 1. The number of hydrogen-bond acceptors (Lipinski definition) is 4. The van der Waals surface area contributed by atoms with Crippen molar-refractivity contribution in [2.75, 3.05) is 11.1 Å². The smallest absolute Gasteiger partial charge is 0.143 e. The predicted molar refractivity (Wildman–Crippen MR) is 64.4 cm³/mol. The molecule has 3 N–H and O–H groups in total. The summed E-state index contributed by atoms with van der Waals surface area (Å²) in [7, 11) is 0. The van der Waals surface area contributed by atoms with E-state index in [9.17, 15) is 4.39 Å². The zero-order valence-corrected chi connectivity index (χ0v) is 9.88. The summed E-state index contributed by atoms with van der Waals surface area (Å²) in [6.45, 7) is 2.20. The van der Waals surface area contributed by atoms with Gasteiger partial charge in [0.05, 0.1) is 22.9 Å². The minimum Gasteiger partial charge on any atom is -0.397 e. The molecule has 0 saturated carbocycles. The van der Waals surface area contributed by atoms with Crippen LogP contribution in [0.15, 0.2) is 22.7 Å². The highest BCUT2D eigenvalue weighted by Gasteiger charge is 2.07. The molecule has 4 nitrogen and oxygen atoms in total. The van der Waals surface area contributed by atoms with E-state index in [1.54, 1.807) is 13.0 Å². The summed E-state index contributed by atoms with van der Waals surface area (Å²) in [6, 6.07) is 4.41. The van der Waals surface area contributed by atoms with Gasteiger partial charge in [0.15, 0.2) is 0 Å². The molecular formula is C11H11ClFN3O. The first-order chi connectivity index (χ1) is 8.06. The number of nitrogens with zero attached hydrogens (tertiary/aromatic N) is 1. The number of nitrogen functional groups attached to an aromatic ring is 1. The molecule has 0 unspecified atom stereocenters. The summed E-state index contributed by atoms with van der Waals surface area (Å²) in [4.78, 5) is 0. The molecule has 0 radical (unpaired) electrons. The van der Waals surface area contributed by atoms with Crippen molar-refractivity contribution in [1.82, 2.24) is 5.16 Å². The van der Waals surface area contributed by atoms with Gasteiger partial charge < -0.3 is 15.6 Å². The van der Waals surface area contributed by atoms with Gasteiger partial charge in [-0.1, -0.05) is 16.8 Å². The van der Waals surface area contributed by atoms with Crippen LogP contribution in [-0.2, 0) is 6.54 Å². The fourth-order valence-electron chi connectivity index (χ4n) is 1.40. The molecule has 0 bridgehead atoms. The molecule has 90 valence electrons. The summed E-state index contributed by atoms with van der Waals surface area (Å²) in [5.41, 5.74) is 7.29. The molecule has 0 fully saturated rings. The fraction of sp³-hybridized carbons (Fsp3) is 0.182.